The van der Waals surface area contributed by atoms with Gasteiger partial charge < -0.3 is 14.8 Å². The van der Waals surface area contributed by atoms with E-state index in [-0.39, 0.29) is 5.97 Å². The highest BCUT2D eigenvalue weighted by Crippen LogP contribution is 2.31. The van der Waals surface area contributed by atoms with Crippen molar-refractivity contribution in [2.45, 2.75) is 32.3 Å². The van der Waals surface area contributed by atoms with Crippen LogP contribution in [0.25, 0.3) is 0 Å². The van der Waals surface area contributed by atoms with E-state index < -0.39 is 5.60 Å². The van der Waals surface area contributed by atoms with E-state index in [4.69, 9.17) is 21.1 Å². The van der Waals surface area contributed by atoms with Crippen LogP contribution in [0, 0.1) is 5.92 Å². The average Bonchev–Trinajstić information content (AvgIpc) is 2.47. The fourth-order valence-corrected chi connectivity index (χ4v) is 2.95. The van der Waals surface area contributed by atoms with Gasteiger partial charge in [0.15, 0.2) is 0 Å². The van der Waals surface area contributed by atoms with E-state index >= 15 is 0 Å². The summed E-state index contributed by atoms with van der Waals surface area (Å²) in [7, 11) is 1.54. The number of carbonyl (C=O) groups excluding carboxylic acids is 1. The number of esters is 1. The first-order chi connectivity index (χ1) is 9.94. The molecule has 21 heavy (non-hydrogen) atoms. The number of piperidine rings is 1. The van der Waals surface area contributed by atoms with E-state index in [1.807, 2.05) is 13.8 Å². The smallest absolute Gasteiger partial charge is 0.338 e. The van der Waals surface area contributed by atoms with Gasteiger partial charge in [-0.3, -0.25) is 0 Å². The summed E-state index contributed by atoms with van der Waals surface area (Å²) in [4.78, 5) is 12.3. The largest absolute Gasteiger partial charge is 0.495 e. The van der Waals surface area contributed by atoms with Gasteiger partial charge in [-0.05, 0) is 58.0 Å². The number of methoxy groups -OCH3 is 1. The van der Waals surface area contributed by atoms with Crippen LogP contribution in [-0.2, 0) is 4.74 Å². The molecule has 0 amide bonds. The zero-order chi connectivity index (χ0) is 15.5. The predicted molar refractivity (Wildman–Crippen MR) is 83.1 cm³/mol. The van der Waals surface area contributed by atoms with Gasteiger partial charge in [-0.1, -0.05) is 11.6 Å². The quantitative estimate of drug-likeness (QED) is 0.867. The van der Waals surface area contributed by atoms with Crippen molar-refractivity contribution in [3.8, 4) is 5.75 Å². The molecule has 1 aliphatic heterocycles. The third kappa shape index (κ3) is 3.89. The van der Waals surface area contributed by atoms with Crippen molar-refractivity contribution in [1.29, 1.82) is 0 Å². The molecular weight excluding hydrogens is 290 g/mol. The molecule has 4 nitrogen and oxygen atoms in total. The van der Waals surface area contributed by atoms with Gasteiger partial charge in [0.1, 0.15) is 11.4 Å². The Morgan fingerprint density at radius 2 is 2.00 bits per heavy atom. The number of ether oxygens (including phenoxy) is 2. The van der Waals surface area contributed by atoms with Crippen molar-refractivity contribution in [3.05, 3.63) is 28.8 Å². The molecule has 1 N–H and O–H groups in total. The third-order valence-electron chi connectivity index (χ3n) is 4.07. The minimum absolute atomic E-state index is 0.344. The Morgan fingerprint density at radius 1 is 1.33 bits per heavy atom. The topological polar surface area (TPSA) is 47.6 Å². The SMILES string of the molecule is COc1ccc(C(=O)OC(C)(C)C2CCNCC2)cc1Cl. The molecule has 0 spiro atoms. The van der Waals surface area contributed by atoms with Crippen LogP contribution in [0.2, 0.25) is 5.02 Å². The molecule has 1 heterocycles. The summed E-state index contributed by atoms with van der Waals surface area (Å²) in [5, 5.41) is 3.73. The summed E-state index contributed by atoms with van der Waals surface area (Å²) in [5.41, 5.74) is -0.0335. The van der Waals surface area contributed by atoms with Crippen molar-refractivity contribution in [2.24, 2.45) is 5.92 Å². The second kappa shape index (κ2) is 6.67. The van der Waals surface area contributed by atoms with E-state index in [1.165, 1.54) is 0 Å². The maximum absolute atomic E-state index is 12.3. The van der Waals surface area contributed by atoms with E-state index in [9.17, 15) is 4.79 Å². The lowest BCUT2D eigenvalue weighted by Crippen LogP contribution is -2.42. The molecule has 116 valence electrons. The number of halogens is 1. The molecule has 1 aromatic carbocycles. The highest BCUT2D eigenvalue weighted by molar-refractivity contribution is 6.32. The normalized spacial score (nSPS) is 16.6. The van der Waals surface area contributed by atoms with E-state index in [0.29, 0.717) is 22.3 Å². The number of carbonyl (C=O) groups is 1. The van der Waals surface area contributed by atoms with Crippen LogP contribution in [0.3, 0.4) is 0 Å². The number of rotatable bonds is 4. The van der Waals surface area contributed by atoms with Crippen molar-refractivity contribution in [1.82, 2.24) is 5.32 Å². The molecule has 0 unspecified atom stereocenters. The van der Waals surface area contributed by atoms with Crippen LogP contribution in [0.4, 0.5) is 0 Å². The molecule has 1 aromatic rings. The molecule has 0 radical (unpaired) electrons. The second-order valence-corrected chi connectivity index (χ2v) is 6.27. The molecule has 0 atom stereocenters. The van der Waals surface area contributed by atoms with Gasteiger partial charge in [0.2, 0.25) is 0 Å². The van der Waals surface area contributed by atoms with E-state index in [2.05, 4.69) is 5.32 Å². The molecule has 0 aliphatic carbocycles. The summed E-state index contributed by atoms with van der Waals surface area (Å²) in [6.45, 7) is 5.90. The maximum Gasteiger partial charge on any atom is 0.338 e. The number of benzene rings is 1. The van der Waals surface area contributed by atoms with Crippen molar-refractivity contribution in [2.75, 3.05) is 20.2 Å². The average molecular weight is 312 g/mol. The lowest BCUT2D eigenvalue weighted by atomic mass is 9.83. The van der Waals surface area contributed by atoms with Crippen molar-refractivity contribution >= 4 is 17.6 Å². The number of hydrogen-bond acceptors (Lipinski definition) is 4. The second-order valence-electron chi connectivity index (χ2n) is 5.87. The fourth-order valence-electron chi connectivity index (χ4n) is 2.69. The molecule has 0 aromatic heterocycles. The maximum atomic E-state index is 12.3. The predicted octanol–water partition coefficient (Wildman–Crippen LogP) is 3.28. The lowest BCUT2D eigenvalue weighted by Gasteiger charge is -2.36. The Morgan fingerprint density at radius 3 is 2.57 bits per heavy atom. The first-order valence-electron chi connectivity index (χ1n) is 7.21. The fraction of sp³-hybridized carbons (Fsp3) is 0.562. The van der Waals surface area contributed by atoms with E-state index in [0.717, 1.165) is 25.9 Å². The summed E-state index contributed by atoms with van der Waals surface area (Å²) in [6, 6.07) is 4.93. The van der Waals surface area contributed by atoms with Crippen LogP contribution in [0.15, 0.2) is 18.2 Å². The van der Waals surface area contributed by atoms with Gasteiger partial charge in [0.25, 0.3) is 0 Å². The van der Waals surface area contributed by atoms with Gasteiger partial charge in [0, 0.05) is 5.92 Å². The van der Waals surface area contributed by atoms with Crippen molar-refractivity contribution in [3.63, 3.8) is 0 Å². The highest BCUT2D eigenvalue weighted by Gasteiger charge is 2.34. The van der Waals surface area contributed by atoms with E-state index in [1.54, 1.807) is 25.3 Å². The Kier molecular flexibility index (Phi) is 5.12. The molecule has 5 heteroatoms. The van der Waals surface area contributed by atoms with Gasteiger partial charge in [0.05, 0.1) is 17.7 Å². The summed E-state index contributed by atoms with van der Waals surface area (Å²) >= 11 is 6.05. The zero-order valence-corrected chi connectivity index (χ0v) is 13.5. The molecule has 2 rings (SSSR count). The Balaban J connectivity index is 2.07. The zero-order valence-electron chi connectivity index (χ0n) is 12.7. The standard InChI is InChI=1S/C16H22ClNO3/c1-16(2,12-6-8-18-9-7-12)21-15(19)11-4-5-14(20-3)13(17)10-11/h4-5,10,12,18H,6-9H2,1-3H3. The molecule has 1 aliphatic rings. The molecule has 0 saturated carbocycles. The van der Waals surface area contributed by atoms with Gasteiger partial charge in [-0.2, -0.15) is 0 Å². The van der Waals surface area contributed by atoms with Crippen molar-refractivity contribution < 1.29 is 14.3 Å². The Bertz CT molecular complexity index is 510. The van der Waals surface area contributed by atoms with Gasteiger partial charge in [-0.15, -0.1) is 0 Å². The van der Waals surface area contributed by atoms with Crippen LogP contribution in [0.1, 0.15) is 37.0 Å². The number of hydrogen-bond donors (Lipinski definition) is 1. The molecule has 1 saturated heterocycles. The molecule has 1 fully saturated rings. The Labute approximate surface area is 130 Å². The van der Waals surface area contributed by atoms with Gasteiger partial charge in [-0.25, -0.2) is 4.79 Å². The summed E-state index contributed by atoms with van der Waals surface area (Å²) in [6.07, 6.45) is 2.04. The first kappa shape index (κ1) is 16.1. The Hall–Kier alpha value is -1.26. The van der Waals surface area contributed by atoms with Gasteiger partial charge >= 0.3 is 5.97 Å². The highest BCUT2D eigenvalue weighted by atomic mass is 35.5. The first-order valence-corrected chi connectivity index (χ1v) is 7.59. The van der Waals surface area contributed by atoms with Crippen LogP contribution in [0.5, 0.6) is 5.75 Å². The summed E-state index contributed by atoms with van der Waals surface area (Å²) in [5.74, 6) is 0.574. The third-order valence-corrected chi connectivity index (χ3v) is 4.36. The summed E-state index contributed by atoms with van der Waals surface area (Å²) < 4.78 is 10.8. The minimum atomic E-state index is -0.481. The molecule has 0 bridgehead atoms. The minimum Gasteiger partial charge on any atom is -0.495 e. The number of nitrogens with one attached hydrogen (secondary N) is 1. The van der Waals surface area contributed by atoms with Crippen LogP contribution in [-0.4, -0.2) is 31.8 Å². The van der Waals surface area contributed by atoms with Crippen LogP contribution < -0.4 is 10.1 Å². The molecular formula is C16H22ClNO3. The monoisotopic (exact) mass is 311 g/mol. The van der Waals surface area contributed by atoms with Crippen LogP contribution >= 0.6 is 11.6 Å². The lowest BCUT2D eigenvalue weighted by molar-refractivity contribution is -0.0368.